The summed E-state index contributed by atoms with van der Waals surface area (Å²) >= 11 is 0. The molecule has 2 heterocycles. The van der Waals surface area contributed by atoms with Crippen LogP contribution in [0.15, 0.2) is 30.5 Å². The van der Waals surface area contributed by atoms with Crippen molar-refractivity contribution in [2.24, 2.45) is 0 Å². The Bertz CT molecular complexity index is 913. The molecule has 24 heavy (non-hydrogen) atoms. The molecule has 3 aromatic rings. The Hall–Kier alpha value is -3.49. The summed E-state index contributed by atoms with van der Waals surface area (Å²) in [5, 5.41) is 12.0. The Labute approximate surface area is 136 Å². The van der Waals surface area contributed by atoms with Crippen LogP contribution in [-0.4, -0.2) is 31.0 Å². The zero-order chi connectivity index (χ0) is 17.1. The summed E-state index contributed by atoms with van der Waals surface area (Å²) in [4.78, 5) is 27.2. The lowest BCUT2D eigenvalue weighted by Crippen LogP contribution is -2.07. The van der Waals surface area contributed by atoms with Gasteiger partial charge in [0.15, 0.2) is 17.0 Å². The number of nitrogens with zero attached hydrogens (tertiary/aromatic N) is 4. The van der Waals surface area contributed by atoms with E-state index in [2.05, 4.69) is 25.3 Å². The number of carboxylic acids is 1. The van der Waals surface area contributed by atoms with Gasteiger partial charge in [-0.05, 0) is 17.7 Å². The van der Waals surface area contributed by atoms with Crippen LogP contribution in [0.1, 0.15) is 11.3 Å². The van der Waals surface area contributed by atoms with Gasteiger partial charge in [0.25, 0.3) is 0 Å². The second-order valence-corrected chi connectivity index (χ2v) is 5.13. The quantitative estimate of drug-likeness (QED) is 0.534. The van der Waals surface area contributed by atoms with Crippen LogP contribution in [-0.2, 0) is 17.8 Å². The summed E-state index contributed by atoms with van der Waals surface area (Å²) in [6.07, 6.45) is 1.54. The van der Waals surface area contributed by atoms with E-state index in [9.17, 15) is 4.79 Å². The number of anilines is 3. The number of nitrogens with one attached hydrogen (secondary N) is 1. The molecule has 9 nitrogen and oxygen atoms in total. The summed E-state index contributed by atoms with van der Waals surface area (Å²) in [6.45, 7) is 0.392. The van der Waals surface area contributed by atoms with Crippen molar-refractivity contribution in [1.29, 1.82) is 0 Å². The summed E-state index contributed by atoms with van der Waals surface area (Å²) in [5.41, 5.74) is 14.2. The van der Waals surface area contributed by atoms with Gasteiger partial charge >= 0.3 is 5.97 Å². The first-order chi connectivity index (χ1) is 11.5. The van der Waals surface area contributed by atoms with Crippen molar-refractivity contribution in [2.75, 3.05) is 16.8 Å². The normalized spacial score (nSPS) is 10.7. The van der Waals surface area contributed by atoms with E-state index in [1.54, 1.807) is 24.4 Å². The molecular formula is C15H15N7O2. The van der Waals surface area contributed by atoms with Crippen LogP contribution in [0.25, 0.3) is 11.2 Å². The van der Waals surface area contributed by atoms with Crippen LogP contribution in [0.2, 0.25) is 0 Å². The third-order valence-corrected chi connectivity index (χ3v) is 3.26. The number of nitrogens with two attached hydrogens (primary N) is 2. The summed E-state index contributed by atoms with van der Waals surface area (Å²) in [6, 6.07) is 7.18. The Balaban J connectivity index is 1.77. The molecule has 2 aromatic heterocycles. The second kappa shape index (κ2) is 6.32. The average Bonchev–Trinajstić information content (AvgIpc) is 2.53. The topological polar surface area (TPSA) is 153 Å². The summed E-state index contributed by atoms with van der Waals surface area (Å²) in [5.74, 6) is -0.645. The molecule has 122 valence electrons. The van der Waals surface area contributed by atoms with E-state index in [1.165, 1.54) is 0 Å². The van der Waals surface area contributed by atoms with E-state index >= 15 is 0 Å². The van der Waals surface area contributed by atoms with Gasteiger partial charge in [-0.25, -0.2) is 9.97 Å². The minimum atomic E-state index is -0.873. The zero-order valence-electron chi connectivity index (χ0n) is 12.6. The molecule has 9 heteroatoms. The smallest absolute Gasteiger partial charge is 0.307 e. The van der Waals surface area contributed by atoms with Crippen LogP contribution >= 0.6 is 0 Å². The fourth-order valence-electron chi connectivity index (χ4n) is 2.23. The SMILES string of the molecule is Nc1nc(N)c2nc(CNc3cccc(CC(=O)O)c3)cnc2n1. The lowest BCUT2D eigenvalue weighted by Gasteiger charge is -2.08. The Kier molecular flexibility index (Phi) is 4.06. The predicted octanol–water partition coefficient (Wildman–Crippen LogP) is 0.823. The number of hydrogen-bond donors (Lipinski definition) is 4. The Morgan fingerprint density at radius 3 is 2.83 bits per heavy atom. The molecule has 0 saturated heterocycles. The van der Waals surface area contributed by atoms with E-state index in [0.717, 1.165) is 5.69 Å². The van der Waals surface area contributed by atoms with E-state index < -0.39 is 5.97 Å². The molecule has 0 aliphatic carbocycles. The van der Waals surface area contributed by atoms with E-state index in [4.69, 9.17) is 16.6 Å². The number of carboxylic acid groups (broad SMARTS) is 1. The Morgan fingerprint density at radius 1 is 1.21 bits per heavy atom. The third-order valence-electron chi connectivity index (χ3n) is 3.26. The van der Waals surface area contributed by atoms with Gasteiger partial charge in [-0.2, -0.15) is 9.97 Å². The number of hydrogen-bond acceptors (Lipinski definition) is 8. The minimum absolute atomic E-state index is 0.0272. The molecule has 0 bridgehead atoms. The average molecular weight is 325 g/mol. The van der Waals surface area contributed by atoms with Gasteiger partial charge in [0, 0.05) is 5.69 Å². The Morgan fingerprint density at radius 2 is 2.04 bits per heavy atom. The fourth-order valence-corrected chi connectivity index (χ4v) is 2.23. The molecular weight excluding hydrogens is 310 g/mol. The fraction of sp³-hybridized carbons (Fsp3) is 0.133. The number of rotatable bonds is 5. The van der Waals surface area contributed by atoms with E-state index in [0.29, 0.717) is 29.0 Å². The van der Waals surface area contributed by atoms with Crippen LogP contribution < -0.4 is 16.8 Å². The molecule has 0 aliphatic heterocycles. The highest BCUT2D eigenvalue weighted by Gasteiger charge is 2.08. The number of carbonyl (C=O) groups is 1. The highest BCUT2D eigenvalue weighted by molar-refractivity contribution is 5.81. The summed E-state index contributed by atoms with van der Waals surface area (Å²) in [7, 11) is 0. The van der Waals surface area contributed by atoms with Gasteiger partial charge in [0.2, 0.25) is 5.95 Å². The molecule has 0 atom stereocenters. The van der Waals surface area contributed by atoms with E-state index in [-0.39, 0.29) is 18.2 Å². The number of benzene rings is 1. The summed E-state index contributed by atoms with van der Waals surface area (Å²) < 4.78 is 0. The van der Waals surface area contributed by atoms with Crippen molar-refractivity contribution in [1.82, 2.24) is 19.9 Å². The number of fused-ring (bicyclic) bond motifs is 1. The lowest BCUT2D eigenvalue weighted by molar-refractivity contribution is -0.136. The second-order valence-electron chi connectivity index (χ2n) is 5.13. The monoisotopic (exact) mass is 325 g/mol. The van der Waals surface area contributed by atoms with Crippen molar-refractivity contribution in [2.45, 2.75) is 13.0 Å². The lowest BCUT2D eigenvalue weighted by atomic mass is 10.1. The van der Waals surface area contributed by atoms with Gasteiger partial charge in [-0.3, -0.25) is 4.79 Å². The first-order valence-corrected chi connectivity index (χ1v) is 7.10. The van der Waals surface area contributed by atoms with Gasteiger partial charge < -0.3 is 21.9 Å². The molecule has 0 spiro atoms. The standard InChI is InChI=1S/C15H15N7O2/c16-13-12-14(22-15(17)21-13)19-7-10(20-12)6-18-9-3-1-2-8(4-9)5-11(23)24/h1-4,7,18H,5-6H2,(H,23,24)(H4,16,17,19,21,22). The highest BCUT2D eigenvalue weighted by Crippen LogP contribution is 2.16. The van der Waals surface area contributed by atoms with Gasteiger partial charge in [-0.1, -0.05) is 12.1 Å². The maximum atomic E-state index is 10.8. The van der Waals surface area contributed by atoms with Gasteiger partial charge in [0.1, 0.15) is 0 Å². The van der Waals surface area contributed by atoms with Crippen molar-refractivity contribution in [3.8, 4) is 0 Å². The first kappa shape index (κ1) is 15.4. The van der Waals surface area contributed by atoms with Crippen LogP contribution in [0, 0.1) is 0 Å². The molecule has 3 rings (SSSR count). The van der Waals surface area contributed by atoms with Crippen LogP contribution in [0.3, 0.4) is 0 Å². The van der Waals surface area contributed by atoms with Gasteiger partial charge in [-0.15, -0.1) is 0 Å². The molecule has 0 unspecified atom stereocenters. The number of aromatic nitrogens is 4. The van der Waals surface area contributed by atoms with E-state index in [1.807, 2.05) is 6.07 Å². The third kappa shape index (κ3) is 3.46. The van der Waals surface area contributed by atoms with Crippen molar-refractivity contribution < 1.29 is 9.90 Å². The molecule has 1 aromatic carbocycles. The van der Waals surface area contributed by atoms with Crippen molar-refractivity contribution in [3.63, 3.8) is 0 Å². The van der Waals surface area contributed by atoms with Crippen molar-refractivity contribution in [3.05, 3.63) is 41.7 Å². The molecule has 0 fully saturated rings. The molecule has 0 radical (unpaired) electrons. The highest BCUT2D eigenvalue weighted by atomic mass is 16.4. The van der Waals surface area contributed by atoms with Crippen molar-refractivity contribution >= 4 is 34.6 Å². The first-order valence-electron chi connectivity index (χ1n) is 7.10. The molecule has 0 amide bonds. The maximum absolute atomic E-state index is 10.8. The molecule has 6 N–H and O–H groups in total. The molecule has 0 aliphatic rings. The van der Waals surface area contributed by atoms with Crippen LogP contribution in [0.4, 0.5) is 17.5 Å². The zero-order valence-corrected chi connectivity index (χ0v) is 12.6. The van der Waals surface area contributed by atoms with Gasteiger partial charge in [0.05, 0.1) is 24.9 Å². The molecule has 0 saturated carbocycles. The minimum Gasteiger partial charge on any atom is -0.481 e. The largest absolute Gasteiger partial charge is 0.481 e. The predicted molar refractivity (Wildman–Crippen MR) is 89.1 cm³/mol. The maximum Gasteiger partial charge on any atom is 0.307 e. The number of aliphatic carboxylic acids is 1. The number of nitrogen functional groups attached to an aromatic ring is 2. The van der Waals surface area contributed by atoms with Crippen LogP contribution in [0.5, 0.6) is 0 Å².